The van der Waals surface area contributed by atoms with E-state index >= 15 is 0 Å². The first-order valence-electron chi connectivity index (χ1n) is 5.78. The zero-order chi connectivity index (χ0) is 13.1. The summed E-state index contributed by atoms with van der Waals surface area (Å²) in [6, 6.07) is 7.94. The summed E-state index contributed by atoms with van der Waals surface area (Å²) in [5.74, 6) is 0. The molecule has 0 aliphatic heterocycles. The molecule has 94 valence electrons. The lowest BCUT2D eigenvalue weighted by molar-refractivity contribution is 1.04. The molecule has 0 aliphatic rings. The number of halogens is 1. The quantitative estimate of drug-likeness (QED) is 0.656. The molecular weight excluding hydrogens is 337 g/mol. The Labute approximate surface area is 121 Å². The van der Waals surface area contributed by atoms with E-state index in [1.54, 1.807) is 0 Å². The summed E-state index contributed by atoms with van der Waals surface area (Å²) in [6.07, 6.45) is 1.81. The molecule has 3 N–H and O–H groups in total. The van der Waals surface area contributed by atoms with Crippen LogP contribution in [0.25, 0.3) is 0 Å². The predicted octanol–water partition coefficient (Wildman–Crippen LogP) is 3.50. The van der Waals surface area contributed by atoms with Gasteiger partial charge in [-0.15, -0.1) is 0 Å². The molecule has 0 spiro atoms. The van der Waals surface area contributed by atoms with Crippen LogP contribution in [0, 0.1) is 17.4 Å². The molecule has 0 aliphatic carbocycles. The summed E-state index contributed by atoms with van der Waals surface area (Å²) in [6.45, 7) is 4.86. The largest absolute Gasteiger partial charge is 0.398 e. The Balaban J connectivity index is 2.22. The molecule has 0 bridgehead atoms. The number of hydrogen-bond acceptors (Lipinski definition) is 3. The Morgan fingerprint density at radius 1 is 1.28 bits per heavy atom. The average molecular weight is 353 g/mol. The van der Waals surface area contributed by atoms with Crippen LogP contribution in [0.15, 0.2) is 30.5 Å². The molecule has 0 saturated carbocycles. The molecule has 3 nitrogen and oxygen atoms in total. The van der Waals surface area contributed by atoms with Crippen molar-refractivity contribution in [1.82, 2.24) is 4.98 Å². The number of anilines is 2. The summed E-state index contributed by atoms with van der Waals surface area (Å²) in [7, 11) is 0. The van der Waals surface area contributed by atoms with E-state index in [1.807, 2.05) is 37.4 Å². The SMILES string of the molecule is Cc1c(N)cc(I)c(NCc2ccccn2)c1C. The molecule has 0 saturated heterocycles. The second-order valence-corrected chi connectivity index (χ2v) is 5.41. The second kappa shape index (κ2) is 5.56. The van der Waals surface area contributed by atoms with Crippen LogP contribution in [0.1, 0.15) is 16.8 Å². The van der Waals surface area contributed by atoms with Crippen molar-refractivity contribution in [3.8, 4) is 0 Å². The molecule has 0 unspecified atom stereocenters. The van der Waals surface area contributed by atoms with Gasteiger partial charge in [0.1, 0.15) is 0 Å². The van der Waals surface area contributed by atoms with Crippen molar-refractivity contribution < 1.29 is 0 Å². The van der Waals surface area contributed by atoms with Crippen LogP contribution in [0.2, 0.25) is 0 Å². The Morgan fingerprint density at radius 3 is 2.72 bits per heavy atom. The highest BCUT2D eigenvalue weighted by Gasteiger charge is 2.09. The van der Waals surface area contributed by atoms with Gasteiger partial charge in [0.25, 0.3) is 0 Å². The van der Waals surface area contributed by atoms with Crippen LogP contribution >= 0.6 is 22.6 Å². The minimum absolute atomic E-state index is 0.723. The third kappa shape index (κ3) is 2.75. The number of nitrogen functional groups attached to an aromatic ring is 1. The molecule has 0 fully saturated rings. The maximum Gasteiger partial charge on any atom is 0.0594 e. The van der Waals surface area contributed by atoms with Gasteiger partial charge in [-0.25, -0.2) is 0 Å². The Kier molecular flexibility index (Phi) is 4.06. The van der Waals surface area contributed by atoms with E-state index in [-0.39, 0.29) is 0 Å². The van der Waals surface area contributed by atoms with Gasteiger partial charge >= 0.3 is 0 Å². The van der Waals surface area contributed by atoms with Crippen LogP contribution < -0.4 is 11.1 Å². The molecule has 18 heavy (non-hydrogen) atoms. The maximum absolute atomic E-state index is 5.95. The molecule has 1 aromatic carbocycles. The van der Waals surface area contributed by atoms with Crippen molar-refractivity contribution in [2.45, 2.75) is 20.4 Å². The molecular formula is C14H16IN3. The first kappa shape index (κ1) is 13.1. The van der Waals surface area contributed by atoms with Crippen LogP contribution in [-0.4, -0.2) is 4.98 Å². The van der Waals surface area contributed by atoms with Gasteiger partial charge in [0.05, 0.1) is 17.9 Å². The lowest BCUT2D eigenvalue weighted by Crippen LogP contribution is -2.06. The van der Waals surface area contributed by atoms with E-state index in [9.17, 15) is 0 Å². The van der Waals surface area contributed by atoms with Crippen molar-refractivity contribution in [2.75, 3.05) is 11.1 Å². The highest BCUT2D eigenvalue weighted by Crippen LogP contribution is 2.29. The summed E-state index contributed by atoms with van der Waals surface area (Å²) in [5.41, 5.74) is 11.3. The summed E-state index contributed by atoms with van der Waals surface area (Å²) < 4.78 is 1.14. The number of aromatic nitrogens is 1. The van der Waals surface area contributed by atoms with Crippen LogP contribution in [0.3, 0.4) is 0 Å². The second-order valence-electron chi connectivity index (χ2n) is 4.25. The minimum atomic E-state index is 0.723. The highest BCUT2D eigenvalue weighted by molar-refractivity contribution is 14.1. The number of nitrogens with zero attached hydrogens (tertiary/aromatic N) is 1. The lowest BCUT2D eigenvalue weighted by Gasteiger charge is -2.15. The molecule has 0 atom stereocenters. The predicted molar refractivity (Wildman–Crippen MR) is 84.6 cm³/mol. The number of nitrogens with one attached hydrogen (secondary N) is 1. The number of benzene rings is 1. The Bertz CT molecular complexity index is 553. The van der Waals surface area contributed by atoms with E-state index in [0.29, 0.717) is 0 Å². The Hall–Kier alpha value is -1.30. The first-order valence-corrected chi connectivity index (χ1v) is 6.86. The van der Waals surface area contributed by atoms with Crippen molar-refractivity contribution >= 4 is 34.0 Å². The minimum Gasteiger partial charge on any atom is -0.398 e. The monoisotopic (exact) mass is 353 g/mol. The lowest BCUT2D eigenvalue weighted by atomic mass is 10.1. The summed E-state index contributed by atoms with van der Waals surface area (Å²) >= 11 is 2.31. The molecule has 2 rings (SSSR count). The van der Waals surface area contributed by atoms with Crippen molar-refractivity contribution in [3.05, 3.63) is 50.9 Å². The summed E-state index contributed by atoms with van der Waals surface area (Å²) in [5, 5.41) is 3.44. The van der Waals surface area contributed by atoms with Crippen molar-refractivity contribution in [3.63, 3.8) is 0 Å². The number of pyridine rings is 1. The van der Waals surface area contributed by atoms with Gasteiger partial charge in [-0.05, 0) is 65.8 Å². The molecule has 1 aromatic heterocycles. The average Bonchev–Trinajstić information content (AvgIpc) is 2.37. The fourth-order valence-electron chi connectivity index (χ4n) is 1.80. The number of nitrogens with two attached hydrogens (primary N) is 1. The van der Waals surface area contributed by atoms with Crippen molar-refractivity contribution in [1.29, 1.82) is 0 Å². The summed E-state index contributed by atoms with van der Waals surface area (Å²) in [4.78, 5) is 4.30. The molecule has 1 heterocycles. The van der Waals surface area contributed by atoms with Gasteiger partial charge in [0, 0.05) is 15.5 Å². The third-order valence-corrected chi connectivity index (χ3v) is 3.91. The van der Waals surface area contributed by atoms with Gasteiger partial charge in [-0.1, -0.05) is 6.07 Å². The zero-order valence-corrected chi connectivity index (χ0v) is 12.7. The first-order chi connectivity index (χ1) is 8.59. The zero-order valence-electron chi connectivity index (χ0n) is 10.5. The van der Waals surface area contributed by atoms with Crippen LogP contribution in [0.5, 0.6) is 0 Å². The fraction of sp³-hybridized carbons (Fsp3) is 0.214. The topological polar surface area (TPSA) is 50.9 Å². The highest BCUT2D eigenvalue weighted by atomic mass is 127. The number of hydrogen-bond donors (Lipinski definition) is 2. The number of rotatable bonds is 3. The maximum atomic E-state index is 5.95. The van der Waals surface area contributed by atoms with E-state index in [2.05, 4.69) is 39.8 Å². The van der Waals surface area contributed by atoms with Gasteiger partial charge < -0.3 is 11.1 Å². The van der Waals surface area contributed by atoms with Gasteiger partial charge in [-0.3, -0.25) is 4.98 Å². The smallest absolute Gasteiger partial charge is 0.0594 e. The normalized spacial score (nSPS) is 10.4. The third-order valence-electron chi connectivity index (χ3n) is 3.06. The van der Waals surface area contributed by atoms with E-state index in [0.717, 1.165) is 32.7 Å². The standard InChI is InChI=1S/C14H16IN3/c1-9-10(2)14(12(15)7-13(9)16)18-8-11-5-3-4-6-17-11/h3-7,18H,8,16H2,1-2H3. The van der Waals surface area contributed by atoms with Crippen molar-refractivity contribution in [2.24, 2.45) is 0 Å². The van der Waals surface area contributed by atoms with Crippen LogP contribution in [0.4, 0.5) is 11.4 Å². The molecule has 0 amide bonds. The fourth-order valence-corrected chi connectivity index (χ4v) is 2.73. The van der Waals surface area contributed by atoms with Crippen LogP contribution in [-0.2, 0) is 6.54 Å². The van der Waals surface area contributed by atoms with E-state index in [4.69, 9.17) is 5.73 Å². The van der Waals surface area contributed by atoms with Gasteiger partial charge in [0.15, 0.2) is 0 Å². The molecule has 0 radical (unpaired) electrons. The van der Waals surface area contributed by atoms with Gasteiger partial charge in [0.2, 0.25) is 0 Å². The van der Waals surface area contributed by atoms with E-state index in [1.165, 1.54) is 5.56 Å². The molecule has 2 aromatic rings. The van der Waals surface area contributed by atoms with Gasteiger partial charge in [-0.2, -0.15) is 0 Å². The van der Waals surface area contributed by atoms with E-state index < -0.39 is 0 Å². The molecule has 4 heteroatoms. The Morgan fingerprint density at radius 2 is 2.06 bits per heavy atom.